The predicted octanol–water partition coefficient (Wildman–Crippen LogP) is 1.19. The summed E-state index contributed by atoms with van der Waals surface area (Å²) in [6.07, 6.45) is -5.05. The third-order valence-electron chi connectivity index (χ3n) is 1.63. The van der Waals surface area contributed by atoms with Gasteiger partial charge in [-0.2, -0.15) is 13.2 Å². The Morgan fingerprint density at radius 3 is 2.36 bits per heavy atom. The van der Waals surface area contributed by atoms with Crippen molar-refractivity contribution in [3.8, 4) is 0 Å². The van der Waals surface area contributed by atoms with E-state index in [4.69, 9.17) is 9.47 Å². The number of ether oxygens (including phenoxy) is 2. The predicted molar refractivity (Wildman–Crippen MR) is 46.2 cm³/mol. The minimum atomic E-state index is -4.14. The molecule has 0 radical (unpaired) electrons. The molecule has 1 atom stereocenters. The maximum atomic E-state index is 11.7. The van der Waals surface area contributed by atoms with Crippen LogP contribution in [0.1, 0.15) is 6.42 Å². The third kappa shape index (κ3) is 8.28. The van der Waals surface area contributed by atoms with E-state index in [1.165, 1.54) is 7.11 Å². The van der Waals surface area contributed by atoms with Crippen molar-refractivity contribution in [3.63, 3.8) is 0 Å². The molecule has 0 aromatic heterocycles. The number of alkyl halides is 3. The van der Waals surface area contributed by atoms with E-state index in [1.807, 2.05) is 0 Å². The Morgan fingerprint density at radius 2 is 1.93 bits per heavy atom. The van der Waals surface area contributed by atoms with Crippen LogP contribution in [0.4, 0.5) is 13.2 Å². The first-order valence-electron chi connectivity index (χ1n) is 4.30. The van der Waals surface area contributed by atoms with Gasteiger partial charge in [-0.05, 0) is 7.05 Å². The van der Waals surface area contributed by atoms with Gasteiger partial charge in [0.15, 0.2) is 0 Å². The lowest BCUT2D eigenvalue weighted by Gasteiger charge is -2.15. The fourth-order valence-electron chi connectivity index (χ4n) is 0.829. The van der Waals surface area contributed by atoms with Crippen LogP contribution in [0.25, 0.3) is 0 Å². The normalized spacial score (nSPS) is 14.4. The van der Waals surface area contributed by atoms with E-state index < -0.39 is 12.6 Å². The highest BCUT2D eigenvalue weighted by Gasteiger charge is 2.26. The Kier molecular flexibility index (Phi) is 6.86. The Labute approximate surface area is 81.6 Å². The van der Waals surface area contributed by atoms with E-state index in [-0.39, 0.29) is 19.3 Å². The molecule has 1 unspecified atom stereocenters. The van der Waals surface area contributed by atoms with Crippen molar-refractivity contribution in [1.82, 2.24) is 5.32 Å². The molecule has 0 amide bonds. The van der Waals surface area contributed by atoms with Gasteiger partial charge in [0.2, 0.25) is 0 Å². The van der Waals surface area contributed by atoms with Crippen LogP contribution < -0.4 is 5.32 Å². The van der Waals surface area contributed by atoms with Crippen molar-refractivity contribution in [2.24, 2.45) is 0 Å². The molecule has 0 aliphatic carbocycles. The fraction of sp³-hybridized carbons (Fsp3) is 1.00. The summed E-state index contributed by atoms with van der Waals surface area (Å²) >= 11 is 0. The Hall–Kier alpha value is -0.330. The summed E-state index contributed by atoms with van der Waals surface area (Å²) < 4.78 is 44.7. The molecule has 0 saturated carbocycles. The fourth-order valence-corrected chi connectivity index (χ4v) is 0.829. The molecule has 0 aromatic carbocycles. The summed E-state index contributed by atoms with van der Waals surface area (Å²) in [5.74, 6) is 0. The minimum Gasteiger partial charge on any atom is -0.383 e. The highest BCUT2D eigenvalue weighted by molar-refractivity contribution is 4.61. The molecule has 0 saturated heterocycles. The van der Waals surface area contributed by atoms with Crippen molar-refractivity contribution in [2.75, 3.05) is 34.0 Å². The van der Waals surface area contributed by atoms with E-state index in [0.29, 0.717) is 6.61 Å². The molecular formula is C8H16F3NO2. The van der Waals surface area contributed by atoms with Gasteiger partial charge >= 0.3 is 6.18 Å². The summed E-state index contributed by atoms with van der Waals surface area (Å²) in [7, 11) is 3.23. The lowest BCUT2D eigenvalue weighted by atomic mass is 10.3. The Bertz CT molecular complexity index is 141. The van der Waals surface area contributed by atoms with E-state index >= 15 is 0 Å². The molecule has 0 fully saturated rings. The van der Waals surface area contributed by atoms with Crippen molar-refractivity contribution in [2.45, 2.75) is 18.6 Å². The highest BCUT2D eigenvalue weighted by Crippen LogP contribution is 2.18. The summed E-state index contributed by atoms with van der Waals surface area (Å²) in [6.45, 7) is 0.342. The molecule has 0 aliphatic rings. The number of rotatable bonds is 7. The molecule has 14 heavy (non-hydrogen) atoms. The largest absolute Gasteiger partial charge is 0.391 e. The average molecular weight is 215 g/mol. The van der Waals surface area contributed by atoms with Gasteiger partial charge in [-0.15, -0.1) is 0 Å². The monoisotopic (exact) mass is 215 g/mol. The lowest BCUT2D eigenvalue weighted by Crippen LogP contribution is -2.35. The zero-order chi connectivity index (χ0) is 11.0. The molecule has 0 rings (SSSR count). The molecule has 6 heteroatoms. The summed E-state index contributed by atoms with van der Waals surface area (Å²) in [4.78, 5) is 0. The minimum absolute atomic E-state index is 0.0618. The van der Waals surface area contributed by atoms with E-state index in [9.17, 15) is 13.2 Å². The molecule has 1 N–H and O–H groups in total. The van der Waals surface area contributed by atoms with Gasteiger partial charge in [0.1, 0.15) is 0 Å². The van der Waals surface area contributed by atoms with Gasteiger partial charge in [0.25, 0.3) is 0 Å². The van der Waals surface area contributed by atoms with Crippen LogP contribution in [0.3, 0.4) is 0 Å². The van der Waals surface area contributed by atoms with E-state index in [1.54, 1.807) is 7.05 Å². The lowest BCUT2D eigenvalue weighted by molar-refractivity contribution is -0.145. The van der Waals surface area contributed by atoms with E-state index in [2.05, 4.69) is 5.32 Å². The molecular weight excluding hydrogens is 199 g/mol. The first kappa shape index (κ1) is 13.7. The van der Waals surface area contributed by atoms with Gasteiger partial charge in [-0.3, -0.25) is 0 Å². The van der Waals surface area contributed by atoms with Crippen molar-refractivity contribution in [3.05, 3.63) is 0 Å². The van der Waals surface area contributed by atoms with Gasteiger partial charge in [0, 0.05) is 7.11 Å². The second-order valence-electron chi connectivity index (χ2n) is 2.88. The first-order valence-corrected chi connectivity index (χ1v) is 4.30. The maximum absolute atomic E-state index is 11.7. The SMILES string of the molecule is CNC(COC)COCCC(F)(F)F. The standard InChI is InChI=1S/C8H16F3NO2/c1-12-7(5-13-2)6-14-4-3-8(9,10)11/h7,12H,3-6H2,1-2H3. The second kappa shape index (κ2) is 7.03. The molecule has 0 heterocycles. The third-order valence-corrected chi connectivity index (χ3v) is 1.63. The summed E-state index contributed by atoms with van der Waals surface area (Å²) in [6, 6.07) is -0.0618. The van der Waals surface area contributed by atoms with Gasteiger partial charge < -0.3 is 14.8 Å². The van der Waals surface area contributed by atoms with Gasteiger partial charge in [0.05, 0.1) is 32.3 Å². The van der Waals surface area contributed by atoms with Crippen LogP contribution >= 0.6 is 0 Å². The topological polar surface area (TPSA) is 30.5 Å². The maximum Gasteiger partial charge on any atom is 0.391 e. The van der Waals surface area contributed by atoms with Crippen LogP contribution in [-0.4, -0.2) is 46.2 Å². The van der Waals surface area contributed by atoms with Crippen molar-refractivity contribution in [1.29, 1.82) is 0 Å². The molecule has 0 aromatic rings. The summed E-state index contributed by atoms with van der Waals surface area (Å²) in [5.41, 5.74) is 0. The average Bonchev–Trinajstić information content (AvgIpc) is 2.08. The van der Waals surface area contributed by atoms with Crippen LogP contribution in [0, 0.1) is 0 Å². The molecule has 0 aliphatic heterocycles. The first-order chi connectivity index (χ1) is 6.49. The molecule has 3 nitrogen and oxygen atoms in total. The zero-order valence-electron chi connectivity index (χ0n) is 8.36. The van der Waals surface area contributed by atoms with E-state index in [0.717, 1.165) is 0 Å². The number of halogens is 3. The number of methoxy groups -OCH3 is 1. The number of hydrogen-bond donors (Lipinski definition) is 1. The zero-order valence-corrected chi connectivity index (χ0v) is 8.36. The Morgan fingerprint density at radius 1 is 1.29 bits per heavy atom. The molecule has 0 spiro atoms. The Balaban J connectivity index is 3.42. The highest BCUT2D eigenvalue weighted by atomic mass is 19.4. The summed E-state index contributed by atoms with van der Waals surface area (Å²) in [5, 5.41) is 2.87. The number of likely N-dealkylation sites (N-methyl/N-ethyl adjacent to an activating group) is 1. The van der Waals surface area contributed by atoms with Crippen LogP contribution in [-0.2, 0) is 9.47 Å². The van der Waals surface area contributed by atoms with Gasteiger partial charge in [-0.1, -0.05) is 0 Å². The second-order valence-corrected chi connectivity index (χ2v) is 2.88. The van der Waals surface area contributed by atoms with Crippen molar-refractivity contribution < 1.29 is 22.6 Å². The van der Waals surface area contributed by atoms with Crippen LogP contribution in [0.5, 0.6) is 0 Å². The van der Waals surface area contributed by atoms with Crippen LogP contribution in [0.2, 0.25) is 0 Å². The molecule has 0 bridgehead atoms. The number of hydrogen-bond acceptors (Lipinski definition) is 3. The van der Waals surface area contributed by atoms with Crippen LogP contribution in [0.15, 0.2) is 0 Å². The number of nitrogens with one attached hydrogen (secondary N) is 1. The quantitative estimate of drug-likeness (QED) is 0.647. The molecule has 86 valence electrons. The van der Waals surface area contributed by atoms with Crippen molar-refractivity contribution >= 4 is 0 Å². The smallest absolute Gasteiger partial charge is 0.383 e. The van der Waals surface area contributed by atoms with Gasteiger partial charge in [-0.25, -0.2) is 0 Å².